The van der Waals surface area contributed by atoms with Gasteiger partial charge in [0.05, 0.1) is 6.61 Å². The third-order valence-electron chi connectivity index (χ3n) is 2.06. The Kier molecular flexibility index (Phi) is 9.90. The summed E-state index contributed by atoms with van der Waals surface area (Å²) in [5, 5.41) is 3.63. The van der Waals surface area contributed by atoms with E-state index in [1.807, 2.05) is 6.92 Å². The van der Waals surface area contributed by atoms with Crippen molar-refractivity contribution in [2.24, 2.45) is 0 Å². The van der Waals surface area contributed by atoms with Gasteiger partial charge < -0.3 is 10.1 Å². The van der Waals surface area contributed by atoms with Crippen molar-refractivity contribution in [3.63, 3.8) is 0 Å². The summed E-state index contributed by atoms with van der Waals surface area (Å²) in [5.74, 6) is 0. The zero-order valence-corrected chi connectivity index (χ0v) is 10.4. The fourth-order valence-corrected chi connectivity index (χ4v) is 1.56. The first-order valence-electron chi connectivity index (χ1n) is 5.62. The van der Waals surface area contributed by atoms with Gasteiger partial charge in [-0.1, -0.05) is 13.3 Å². The molecule has 0 aliphatic carbocycles. The number of halogens is 1. The van der Waals surface area contributed by atoms with Gasteiger partial charge in [0.2, 0.25) is 0 Å². The van der Waals surface area contributed by atoms with Gasteiger partial charge in [-0.25, -0.2) is 0 Å². The summed E-state index contributed by atoms with van der Waals surface area (Å²) in [4.78, 5) is 0. The maximum atomic E-state index is 5.88. The molecule has 0 spiro atoms. The molecule has 14 heavy (non-hydrogen) atoms. The second-order valence-electron chi connectivity index (χ2n) is 3.84. The average molecular weight is 222 g/mol. The van der Waals surface area contributed by atoms with Crippen molar-refractivity contribution >= 4 is 11.6 Å². The van der Waals surface area contributed by atoms with Crippen LogP contribution in [0.4, 0.5) is 0 Å². The first-order valence-corrected chi connectivity index (χ1v) is 6.05. The van der Waals surface area contributed by atoms with Crippen LogP contribution in [-0.2, 0) is 4.74 Å². The van der Waals surface area contributed by atoms with Gasteiger partial charge in [0, 0.05) is 24.6 Å². The molecule has 0 saturated carbocycles. The maximum Gasteiger partial charge on any atom is 0.0590 e. The standard InChI is InChI=1S/C11H24ClNO/c1-4-5-7-14-8-6-13-11(3)9-10(2)12/h10-11,13H,4-9H2,1-3H3. The lowest BCUT2D eigenvalue weighted by atomic mass is 10.2. The average Bonchev–Trinajstić information content (AvgIpc) is 2.10. The molecule has 0 aliphatic heterocycles. The summed E-state index contributed by atoms with van der Waals surface area (Å²) in [6.45, 7) is 8.97. The van der Waals surface area contributed by atoms with Crippen molar-refractivity contribution in [1.82, 2.24) is 5.32 Å². The van der Waals surface area contributed by atoms with Crippen LogP contribution in [0.25, 0.3) is 0 Å². The van der Waals surface area contributed by atoms with Crippen LogP contribution in [0.2, 0.25) is 0 Å². The molecule has 0 rings (SSSR count). The van der Waals surface area contributed by atoms with Crippen molar-refractivity contribution in [2.75, 3.05) is 19.8 Å². The first-order chi connectivity index (χ1) is 6.66. The molecule has 3 heteroatoms. The summed E-state index contributed by atoms with van der Waals surface area (Å²) in [6, 6.07) is 0.484. The second-order valence-corrected chi connectivity index (χ2v) is 4.58. The minimum Gasteiger partial charge on any atom is -0.380 e. The van der Waals surface area contributed by atoms with Crippen LogP contribution in [-0.4, -0.2) is 31.2 Å². The molecule has 2 nitrogen and oxygen atoms in total. The number of hydrogen-bond donors (Lipinski definition) is 1. The smallest absolute Gasteiger partial charge is 0.0590 e. The van der Waals surface area contributed by atoms with Crippen LogP contribution in [0, 0.1) is 0 Å². The van der Waals surface area contributed by atoms with Crippen molar-refractivity contribution in [2.45, 2.75) is 51.5 Å². The van der Waals surface area contributed by atoms with Gasteiger partial charge in [-0.2, -0.15) is 0 Å². The molecule has 0 amide bonds. The lowest BCUT2D eigenvalue weighted by molar-refractivity contribution is 0.131. The summed E-state index contributed by atoms with van der Waals surface area (Å²) >= 11 is 5.88. The highest BCUT2D eigenvalue weighted by molar-refractivity contribution is 6.20. The normalized spacial score (nSPS) is 15.4. The predicted octanol–water partition coefficient (Wildman–Crippen LogP) is 2.80. The molecule has 2 unspecified atom stereocenters. The molecule has 2 atom stereocenters. The highest BCUT2D eigenvalue weighted by Crippen LogP contribution is 2.03. The molecule has 0 aromatic carbocycles. The third kappa shape index (κ3) is 10.3. The van der Waals surface area contributed by atoms with Crippen LogP contribution in [0.3, 0.4) is 0 Å². The molecule has 0 fully saturated rings. The van der Waals surface area contributed by atoms with E-state index in [4.69, 9.17) is 16.3 Å². The Morgan fingerprint density at radius 2 is 2.00 bits per heavy atom. The molecule has 0 saturated heterocycles. The Balaban J connectivity index is 3.10. The van der Waals surface area contributed by atoms with Crippen molar-refractivity contribution in [1.29, 1.82) is 0 Å². The van der Waals surface area contributed by atoms with Crippen molar-refractivity contribution < 1.29 is 4.74 Å². The van der Waals surface area contributed by atoms with E-state index in [1.165, 1.54) is 6.42 Å². The molecule has 0 radical (unpaired) electrons. The fourth-order valence-electron chi connectivity index (χ4n) is 1.30. The summed E-state index contributed by atoms with van der Waals surface area (Å²) in [7, 11) is 0. The molecule has 0 aliphatic rings. The van der Waals surface area contributed by atoms with Crippen LogP contribution in [0.5, 0.6) is 0 Å². The van der Waals surface area contributed by atoms with E-state index in [9.17, 15) is 0 Å². The van der Waals surface area contributed by atoms with Crippen LogP contribution in [0.1, 0.15) is 40.0 Å². The van der Waals surface area contributed by atoms with Crippen molar-refractivity contribution in [3.05, 3.63) is 0 Å². The first kappa shape index (κ1) is 14.2. The maximum absolute atomic E-state index is 5.88. The van der Waals surface area contributed by atoms with Crippen molar-refractivity contribution in [3.8, 4) is 0 Å². The molecule has 1 N–H and O–H groups in total. The van der Waals surface area contributed by atoms with Crippen LogP contribution < -0.4 is 5.32 Å². The van der Waals surface area contributed by atoms with Gasteiger partial charge >= 0.3 is 0 Å². The fraction of sp³-hybridized carbons (Fsp3) is 1.00. The van der Waals surface area contributed by atoms with E-state index < -0.39 is 0 Å². The van der Waals surface area contributed by atoms with Gasteiger partial charge in [-0.05, 0) is 26.7 Å². The molecule has 0 bridgehead atoms. The van der Waals surface area contributed by atoms with E-state index in [0.29, 0.717) is 6.04 Å². The van der Waals surface area contributed by atoms with Gasteiger partial charge in [-0.15, -0.1) is 11.6 Å². The number of hydrogen-bond acceptors (Lipinski definition) is 2. The Hall–Kier alpha value is 0.210. The van der Waals surface area contributed by atoms with E-state index in [2.05, 4.69) is 19.2 Å². The van der Waals surface area contributed by atoms with E-state index in [-0.39, 0.29) is 5.38 Å². The molecule has 0 aromatic rings. The van der Waals surface area contributed by atoms with Gasteiger partial charge in [-0.3, -0.25) is 0 Å². The molecule has 0 aromatic heterocycles. The Morgan fingerprint density at radius 1 is 1.29 bits per heavy atom. The number of rotatable bonds is 9. The predicted molar refractivity (Wildman–Crippen MR) is 63.1 cm³/mol. The number of unbranched alkanes of at least 4 members (excludes halogenated alkanes) is 1. The number of ether oxygens (including phenoxy) is 1. The quantitative estimate of drug-likeness (QED) is 0.478. The lowest BCUT2D eigenvalue weighted by Gasteiger charge is -2.14. The molecule has 86 valence electrons. The lowest BCUT2D eigenvalue weighted by Crippen LogP contribution is -2.31. The van der Waals surface area contributed by atoms with E-state index in [0.717, 1.165) is 32.6 Å². The molecular weight excluding hydrogens is 198 g/mol. The summed E-state index contributed by atoms with van der Waals surface area (Å²) < 4.78 is 5.43. The SMILES string of the molecule is CCCCOCCNC(C)CC(C)Cl. The van der Waals surface area contributed by atoms with Gasteiger partial charge in [0.1, 0.15) is 0 Å². The van der Waals surface area contributed by atoms with Gasteiger partial charge in [0.25, 0.3) is 0 Å². The van der Waals surface area contributed by atoms with Gasteiger partial charge in [0.15, 0.2) is 0 Å². The Morgan fingerprint density at radius 3 is 2.57 bits per heavy atom. The third-order valence-corrected chi connectivity index (χ3v) is 2.24. The number of alkyl halides is 1. The Labute approximate surface area is 93.4 Å². The molecule has 0 heterocycles. The van der Waals surface area contributed by atoms with Crippen LogP contribution >= 0.6 is 11.6 Å². The van der Waals surface area contributed by atoms with E-state index >= 15 is 0 Å². The minimum absolute atomic E-state index is 0.249. The second kappa shape index (κ2) is 9.75. The largest absolute Gasteiger partial charge is 0.380 e. The zero-order valence-electron chi connectivity index (χ0n) is 9.68. The van der Waals surface area contributed by atoms with Crippen LogP contribution in [0.15, 0.2) is 0 Å². The summed E-state index contributed by atoms with van der Waals surface area (Å²) in [6.07, 6.45) is 3.37. The zero-order chi connectivity index (χ0) is 10.8. The highest BCUT2D eigenvalue weighted by Gasteiger charge is 2.04. The minimum atomic E-state index is 0.249. The van der Waals surface area contributed by atoms with E-state index in [1.54, 1.807) is 0 Å². The number of nitrogens with one attached hydrogen (secondary N) is 1. The summed E-state index contributed by atoms with van der Waals surface area (Å²) in [5.41, 5.74) is 0. The highest BCUT2D eigenvalue weighted by atomic mass is 35.5. The Bertz CT molecular complexity index is 120. The monoisotopic (exact) mass is 221 g/mol. The topological polar surface area (TPSA) is 21.3 Å². The molecular formula is C11H24ClNO.